The second-order valence-corrected chi connectivity index (χ2v) is 5.87. The van der Waals surface area contributed by atoms with Gasteiger partial charge in [-0.15, -0.1) is 5.10 Å². The van der Waals surface area contributed by atoms with Crippen molar-refractivity contribution in [1.29, 1.82) is 0 Å². The number of phenolic OH excluding ortho intramolecular Hbond substituents is 1. The van der Waals surface area contributed by atoms with E-state index in [9.17, 15) is 5.11 Å². The summed E-state index contributed by atoms with van der Waals surface area (Å²) >= 11 is 3.31. The quantitative estimate of drug-likeness (QED) is 0.876. The molecule has 0 aliphatic heterocycles. The van der Waals surface area contributed by atoms with Gasteiger partial charge in [0.05, 0.1) is 9.99 Å². The van der Waals surface area contributed by atoms with Crippen LogP contribution in [0.3, 0.4) is 0 Å². The van der Waals surface area contributed by atoms with E-state index >= 15 is 0 Å². The molecule has 0 spiro atoms. The van der Waals surface area contributed by atoms with E-state index in [1.807, 2.05) is 10.7 Å². The zero-order chi connectivity index (χ0) is 11.9. The molecule has 4 nitrogen and oxygen atoms in total. The molecule has 0 aliphatic carbocycles. The van der Waals surface area contributed by atoms with Crippen LogP contribution in [0, 0.1) is 5.41 Å². The first-order valence-electron chi connectivity index (χ1n) is 5.09. The maximum Gasteiger partial charge on any atom is 0.132 e. The number of hydrogen-bond donors (Lipinski definition) is 1. The van der Waals surface area contributed by atoms with Crippen molar-refractivity contribution in [2.24, 2.45) is 5.41 Å². The lowest BCUT2D eigenvalue weighted by atomic mass is 9.97. The summed E-state index contributed by atoms with van der Waals surface area (Å²) in [6.07, 6.45) is 0. The Hall–Kier alpha value is -1.10. The van der Waals surface area contributed by atoms with Crippen molar-refractivity contribution in [2.75, 3.05) is 0 Å². The van der Waals surface area contributed by atoms with E-state index in [2.05, 4.69) is 47.0 Å². The number of fused-ring (bicyclic) bond motifs is 1. The van der Waals surface area contributed by atoms with E-state index in [1.54, 1.807) is 6.07 Å². The van der Waals surface area contributed by atoms with Crippen molar-refractivity contribution in [2.45, 2.75) is 27.3 Å². The Morgan fingerprint density at radius 2 is 2.06 bits per heavy atom. The van der Waals surface area contributed by atoms with E-state index < -0.39 is 0 Å². The highest BCUT2D eigenvalue weighted by molar-refractivity contribution is 9.10. The fourth-order valence-corrected chi connectivity index (χ4v) is 1.97. The summed E-state index contributed by atoms with van der Waals surface area (Å²) in [5.41, 5.74) is 1.77. The van der Waals surface area contributed by atoms with Crippen LogP contribution in [-0.4, -0.2) is 20.1 Å². The van der Waals surface area contributed by atoms with E-state index in [0.717, 1.165) is 12.1 Å². The lowest BCUT2D eigenvalue weighted by molar-refractivity contribution is 0.327. The van der Waals surface area contributed by atoms with E-state index in [0.29, 0.717) is 9.99 Å². The molecule has 1 heterocycles. The van der Waals surface area contributed by atoms with Crippen LogP contribution in [-0.2, 0) is 6.54 Å². The smallest absolute Gasteiger partial charge is 0.132 e. The zero-order valence-corrected chi connectivity index (χ0v) is 11.1. The molecule has 1 aromatic carbocycles. The third-order valence-corrected chi connectivity index (χ3v) is 3.01. The van der Waals surface area contributed by atoms with Crippen molar-refractivity contribution in [1.82, 2.24) is 15.0 Å². The Morgan fingerprint density at radius 1 is 1.38 bits per heavy atom. The molecule has 0 unspecified atom stereocenters. The molecule has 2 rings (SSSR count). The Kier molecular flexibility index (Phi) is 2.66. The summed E-state index contributed by atoms with van der Waals surface area (Å²) in [6, 6.07) is 3.48. The van der Waals surface area contributed by atoms with Gasteiger partial charge in [0.15, 0.2) is 0 Å². The van der Waals surface area contributed by atoms with Crippen molar-refractivity contribution in [3.05, 3.63) is 16.6 Å². The van der Waals surface area contributed by atoms with Gasteiger partial charge in [0.1, 0.15) is 11.3 Å². The third-order valence-electron chi connectivity index (χ3n) is 2.23. The number of phenols is 1. The van der Waals surface area contributed by atoms with Gasteiger partial charge in [-0.25, -0.2) is 4.68 Å². The molecule has 0 aliphatic rings. The second-order valence-electron chi connectivity index (χ2n) is 5.07. The van der Waals surface area contributed by atoms with Crippen molar-refractivity contribution < 1.29 is 5.11 Å². The molecule has 1 aromatic heterocycles. The number of benzene rings is 1. The number of nitrogens with zero attached hydrogens (tertiary/aromatic N) is 3. The van der Waals surface area contributed by atoms with Crippen LogP contribution in [0.4, 0.5) is 0 Å². The van der Waals surface area contributed by atoms with Gasteiger partial charge in [0.25, 0.3) is 0 Å². The second kappa shape index (κ2) is 3.73. The van der Waals surface area contributed by atoms with E-state index in [4.69, 9.17) is 0 Å². The first-order valence-corrected chi connectivity index (χ1v) is 5.88. The van der Waals surface area contributed by atoms with Gasteiger partial charge in [-0.2, -0.15) is 0 Å². The lowest BCUT2D eigenvalue weighted by Gasteiger charge is -2.17. The maximum absolute atomic E-state index is 9.54. The van der Waals surface area contributed by atoms with Crippen molar-refractivity contribution in [3.63, 3.8) is 0 Å². The van der Waals surface area contributed by atoms with Gasteiger partial charge in [0, 0.05) is 6.54 Å². The minimum atomic E-state index is 0.144. The maximum atomic E-state index is 9.54. The molecule has 0 amide bonds. The van der Waals surface area contributed by atoms with Gasteiger partial charge in [-0.1, -0.05) is 26.0 Å². The highest BCUT2D eigenvalue weighted by Crippen LogP contribution is 2.31. The van der Waals surface area contributed by atoms with Crippen LogP contribution in [0.5, 0.6) is 5.75 Å². The van der Waals surface area contributed by atoms with Gasteiger partial charge in [0.2, 0.25) is 0 Å². The molecular formula is C11H14BrN3O. The number of halogens is 1. The van der Waals surface area contributed by atoms with Crippen LogP contribution in [0.2, 0.25) is 0 Å². The molecule has 16 heavy (non-hydrogen) atoms. The first-order chi connectivity index (χ1) is 7.38. The predicted molar refractivity (Wildman–Crippen MR) is 66.3 cm³/mol. The summed E-state index contributed by atoms with van der Waals surface area (Å²) in [7, 11) is 0. The highest BCUT2D eigenvalue weighted by atomic mass is 79.9. The topological polar surface area (TPSA) is 50.9 Å². The number of aromatic nitrogens is 3. The van der Waals surface area contributed by atoms with Crippen LogP contribution in [0.25, 0.3) is 11.0 Å². The van der Waals surface area contributed by atoms with E-state index in [1.165, 1.54) is 0 Å². The minimum absolute atomic E-state index is 0.144. The molecule has 0 saturated carbocycles. The molecule has 86 valence electrons. The van der Waals surface area contributed by atoms with Gasteiger partial charge >= 0.3 is 0 Å². The fraction of sp³-hybridized carbons (Fsp3) is 0.455. The van der Waals surface area contributed by atoms with Crippen molar-refractivity contribution >= 4 is 27.0 Å². The van der Waals surface area contributed by atoms with E-state index in [-0.39, 0.29) is 11.2 Å². The molecule has 0 fully saturated rings. The summed E-state index contributed by atoms with van der Waals surface area (Å²) in [6.45, 7) is 7.24. The van der Waals surface area contributed by atoms with Crippen LogP contribution in [0.1, 0.15) is 20.8 Å². The molecule has 0 bridgehead atoms. The molecule has 1 N–H and O–H groups in total. The zero-order valence-electron chi connectivity index (χ0n) is 9.53. The molecule has 5 heteroatoms. The van der Waals surface area contributed by atoms with Crippen LogP contribution in [0.15, 0.2) is 16.6 Å². The molecule has 0 radical (unpaired) electrons. The Morgan fingerprint density at radius 3 is 2.69 bits per heavy atom. The largest absolute Gasteiger partial charge is 0.507 e. The predicted octanol–water partition coefficient (Wildman–Crippen LogP) is 2.95. The SMILES string of the molecule is CC(C)(C)Cn1nnc2c(Br)c(O)ccc21. The monoisotopic (exact) mass is 283 g/mol. The molecular weight excluding hydrogens is 270 g/mol. The fourth-order valence-electron chi connectivity index (χ4n) is 1.56. The molecule has 0 saturated heterocycles. The molecule has 0 atom stereocenters. The first kappa shape index (κ1) is 11.4. The Bertz CT molecular complexity index is 528. The van der Waals surface area contributed by atoms with Crippen LogP contribution < -0.4 is 0 Å². The van der Waals surface area contributed by atoms with Crippen molar-refractivity contribution in [3.8, 4) is 5.75 Å². The number of aromatic hydroxyl groups is 1. The minimum Gasteiger partial charge on any atom is -0.507 e. The standard InChI is InChI=1S/C11H14BrN3O/c1-11(2,3)6-15-7-4-5-8(16)9(12)10(7)13-14-15/h4-5,16H,6H2,1-3H3. The van der Waals surface area contributed by atoms with Crippen LogP contribution >= 0.6 is 15.9 Å². The highest BCUT2D eigenvalue weighted by Gasteiger charge is 2.16. The Labute approximate surface area is 102 Å². The number of hydrogen-bond acceptors (Lipinski definition) is 3. The Balaban J connectivity index is 2.54. The molecule has 2 aromatic rings. The summed E-state index contributed by atoms with van der Waals surface area (Å²) in [5.74, 6) is 0.190. The van der Waals surface area contributed by atoms with Gasteiger partial charge < -0.3 is 5.11 Å². The van der Waals surface area contributed by atoms with Gasteiger partial charge in [-0.05, 0) is 33.5 Å². The summed E-state index contributed by atoms with van der Waals surface area (Å²) in [4.78, 5) is 0. The average molecular weight is 284 g/mol. The average Bonchev–Trinajstić information content (AvgIpc) is 2.53. The van der Waals surface area contributed by atoms with Gasteiger partial charge in [-0.3, -0.25) is 0 Å². The summed E-state index contributed by atoms with van der Waals surface area (Å²) < 4.78 is 2.46. The number of rotatable bonds is 1. The normalized spacial score (nSPS) is 12.2. The summed E-state index contributed by atoms with van der Waals surface area (Å²) in [5, 5.41) is 17.7. The lowest BCUT2D eigenvalue weighted by Crippen LogP contribution is -2.16. The third kappa shape index (κ3) is 2.04.